The molecule has 0 heterocycles. The average molecular weight is 327 g/mol. The van der Waals surface area contributed by atoms with Crippen molar-refractivity contribution in [1.82, 2.24) is 5.32 Å². The van der Waals surface area contributed by atoms with Crippen LogP contribution in [-0.2, 0) is 0 Å². The summed E-state index contributed by atoms with van der Waals surface area (Å²) in [5.41, 5.74) is 1.50. The quantitative estimate of drug-likeness (QED) is 0.824. The van der Waals surface area contributed by atoms with Gasteiger partial charge >= 0.3 is 0 Å². The van der Waals surface area contributed by atoms with Crippen LogP contribution in [0.15, 0.2) is 18.2 Å². The van der Waals surface area contributed by atoms with E-state index in [2.05, 4.69) is 23.8 Å². The number of hydrogen-bond acceptors (Lipinski definition) is 3. The fourth-order valence-electron chi connectivity index (χ4n) is 2.74. The molecule has 1 fully saturated rings. The van der Waals surface area contributed by atoms with E-state index in [-0.39, 0.29) is 11.9 Å². The number of nitrogens with one attached hydrogen (secondary N) is 2. The Bertz CT molecular complexity index is 495. The minimum Gasteiger partial charge on any atom is -0.384 e. The predicted molar refractivity (Wildman–Crippen MR) is 92.6 cm³/mol. The van der Waals surface area contributed by atoms with Crippen LogP contribution in [0.4, 0.5) is 5.69 Å². The largest absolute Gasteiger partial charge is 0.384 e. The summed E-state index contributed by atoms with van der Waals surface area (Å²) in [6.07, 6.45) is 6.56. The minimum atomic E-state index is -0.0259. The summed E-state index contributed by atoms with van der Waals surface area (Å²) in [6, 6.07) is 5.72. The van der Waals surface area contributed by atoms with Crippen molar-refractivity contribution < 1.29 is 4.79 Å². The molecule has 1 aromatic rings. The molecule has 0 spiro atoms. The Kier molecular flexibility index (Phi) is 6.24. The topological polar surface area (TPSA) is 41.1 Å². The molecule has 0 bridgehead atoms. The zero-order valence-corrected chi connectivity index (χ0v) is 14.2. The Morgan fingerprint density at radius 3 is 2.95 bits per heavy atom. The minimum absolute atomic E-state index is 0.0259. The van der Waals surface area contributed by atoms with Crippen molar-refractivity contribution >= 4 is 35.0 Å². The van der Waals surface area contributed by atoms with Gasteiger partial charge in [0.15, 0.2) is 0 Å². The fraction of sp³-hybridized carbons (Fsp3) is 0.562. The van der Waals surface area contributed by atoms with E-state index in [1.807, 2.05) is 23.9 Å². The van der Waals surface area contributed by atoms with Gasteiger partial charge in [0.2, 0.25) is 0 Å². The van der Waals surface area contributed by atoms with E-state index in [1.54, 1.807) is 6.07 Å². The van der Waals surface area contributed by atoms with Gasteiger partial charge in [0.05, 0.1) is 5.56 Å². The normalized spacial score (nSPS) is 21.3. The molecule has 0 aliphatic heterocycles. The number of thioether (sulfide) groups is 1. The Morgan fingerprint density at radius 1 is 1.43 bits per heavy atom. The van der Waals surface area contributed by atoms with Crippen molar-refractivity contribution in [2.75, 3.05) is 18.1 Å². The van der Waals surface area contributed by atoms with E-state index < -0.39 is 0 Å². The number of carbonyl (C=O) groups excluding carboxylic acids is 1. The maximum atomic E-state index is 12.6. The van der Waals surface area contributed by atoms with Gasteiger partial charge in [0.25, 0.3) is 5.91 Å². The molecule has 2 rings (SSSR count). The molecule has 21 heavy (non-hydrogen) atoms. The summed E-state index contributed by atoms with van der Waals surface area (Å²) in [5.74, 6) is -0.0259. The van der Waals surface area contributed by atoms with Crippen LogP contribution in [-0.4, -0.2) is 30.0 Å². The molecule has 1 aromatic carbocycles. The van der Waals surface area contributed by atoms with Crippen LogP contribution < -0.4 is 10.6 Å². The molecule has 1 saturated carbocycles. The van der Waals surface area contributed by atoms with Gasteiger partial charge in [-0.1, -0.05) is 24.9 Å². The van der Waals surface area contributed by atoms with Crippen molar-refractivity contribution in [3.05, 3.63) is 28.8 Å². The van der Waals surface area contributed by atoms with Crippen molar-refractivity contribution in [2.24, 2.45) is 0 Å². The zero-order valence-electron chi connectivity index (χ0n) is 12.6. The van der Waals surface area contributed by atoms with Gasteiger partial charge in [-0.2, -0.15) is 11.8 Å². The Morgan fingerprint density at radius 2 is 2.24 bits per heavy atom. The molecular weight excluding hydrogens is 304 g/mol. The van der Waals surface area contributed by atoms with Gasteiger partial charge in [-0.25, -0.2) is 0 Å². The van der Waals surface area contributed by atoms with Crippen LogP contribution in [0.3, 0.4) is 0 Å². The third-order valence-electron chi connectivity index (χ3n) is 3.86. The Hall–Kier alpha value is -0.870. The van der Waals surface area contributed by atoms with Crippen LogP contribution >= 0.6 is 23.4 Å². The number of benzene rings is 1. The highest BCUT2D eigenvalue weighted by Crippen LogP contribution is 2.29. The van der Waals surface area contributed by atoms with Crippen LogP contribution in [0, 0.1) is 0 Å². The van der Waals surface area contributed by atoms with E-state index in [4.69, 9.17) is 11.6 Å². The number of carbonyl (C=O) groups is 1. The maximum absolute atomic E-state index is 12.6. The number of halogens is 1. The molecule has 116 valence electrons. The van der Waals surface area contributed by atoms with Crippen LogP contribution in [0.1, 0.15) is 43.0 Å². The second-order valence-corrected chi connectivity index (χ2v) is 6.92. The molecule has 2 N–H and O–H groups in total. The summed E-state index contributed by atoms with van der Waals surface area (Å²) >= 11 is 7.90. The smallest absolute Gasteiger partial charge is 0.253 e. The molecule has 0 radical (unpaired) electrons. The highest BCUT2D eigenvalue weighted by molar-refractivity contribution is 7.99. The molecule has 1 aliphatic rings. The first kappa shape index (κ1) is 16.5. The molecule has 0 saturated heterocycles. The highest BCUT2D eigenvalue weighted by atomic mass is 35.5. The number of amides is 1. The van der Waals surface area contributed by atoms with E-state index >= 15 is 0 Å². The van der Waals surface area contributed by atoms with Gasteiger partial charge in [0, 0.05) is 28.5 Å². The lowest BCUT2D eigenvalue weighted by molar-refractivity contribution is 0.0939. The first-order valence-corrected chi connectivity index (χ1v) is 9.19. The maximum Gasteiger partial charge on any atom is 0.253 e. The summed E-state index contributed by atoms with van der Waals surface area (Å²) in [6.45, 7) is 2.95. The van der Waals surface area contributed by atoms with Crippen molar-refractivity contribution in [3.8, 4) is 0 Å². The summed E-state index contributed by atoms with van der Waals surface area (Å²) in [4.78, 5) is 12.6. The lowest BCUT2D eigenvalue weighted by atomic mass is 10.1. The van der Waals surface area contributed by atoms with E-state index in [0.29, 0.717) is 15.8 Å². The number of hydrogen-bond donors (Lipinski definition) is 2. The van der Waals surface area contributed by atoms with Crippen LogP contribution in [0.2, 0.25) is 5.02 Å². The van der Waals surface area contributed by atoms with Crippen molar-refractivity contribution in [2.45, 2.75) is 43.9 Å². The summed E-state index contributed by atoms with van der Waals surface area (Å²) in [7, 11) is 0. The van der Waals surface area contributed by atoms with Gasteiger partial charge in [-0.05, 0) is 43.7 Å². The summed E-state index contributed by atoms with van der Waals surface area (Å²) in [5, 5.41) is 7.60. The Labute approximate surface area is 136 Å². The van der Waals surface area contributed by atoms with Crippen LogP contribution in [0.5, 0.6) is 0 Å². The molecule has 3 nitrogen and oxygen atoms in total. The fourth-order valence-corrected chi connectivity index (χ4v) is 3.84. The molecule has 5 heteroatoms. The predicted octanol–water partition coefficient (Wildman–Crippen LogP) is 4.18. The average Bonchev–Trinajstić information content (AvgIpc) is 2.93. The Balaban J connectivity index is 2.12. The molecule has 2 unspecified atom stereocenters. The standard InChI is InChI=1S/C16H23ClN2OS/c1-3-9-18-13-8-7-11(17)10-12(13)16(20)19-14-5-4-6-15(14)21-2/h7-8,10,14-15,18H,3-6,9H2,1-2H3,(H,19,20). The lowest BCUT2D eigenvalue weighted by Crippen LogP contribution is -2.38. The van der Waals surface area contributed by atoms with Gasteiger partial charge in [0.1, 0.15) is 0 Å². The van der Waals surface area contributed by atoms with Gasteiger partial charge in [-0.15, -0.1) is 0 Å². The number of rotatable bonds is 6. The first-order chi connectivity index (χ1) is 10.2. The van der Waals surface area contributed by atoms with E-state index in [9.17, 15) is 4.79 Å². The summed E-state index contributed by atoms with van der Waals surface area (Å²) < 4.78 is 0. The number of anilines is 1. The van der Waals surface area contributed by atoms with Gasteiger partial charge < -0.3 is 10.6 Å². The highest BCUT2D eigenvalue weighted by Gasteiger charge is 2.28. The van der Waals surface area contributed by atoms with E-state index in [1.165, 1.54) is 12.8 Å². The zero-order chi connectivity index (χ0) is 15.2. The molecule has 1 aliphatic carbocycles. The third kappa shape index (κ3) is 4.30. The van der Waals surface area contributed by atoms with Crippen LogP contribution in [0.25, 0.3) is 0 Å². The van der Waals surface area contributed by atoms with E-state index in [0.717, 1.165) is 25.1 Å². The molecule has 1 amide bonds. The van der Waals surface area contributed by atoms with Crippen molar-refractivity contribution in [1.29, 1.82) is 0 Å². The molecule has 0 aromatic heterocycles. The molecular formula is C16H23ClN2OS. The monoisotopic (exact) mass is 326 g/mol. The lowest BCUT2D eigenvalue weighted by Gasteiger charge is -2.20. The SMILES string of the molecule is CCCNc1ccc(Cl)cc1C(=O)NC1CCCC1SC. The second kappa shape index (κ2) is 7.95. The van der Waals surface area contributed by atoms with Crippen molar-refractivity contribution in [3.63, 3.8) is 0 Å². The van der Waals surface area contributed by atoms with Gasteiger partial charge in [-0.3, -0.25) is 4.79 Å². The second-order valence-electron chi connectivity index (χ2n) is 5.40. The molecule has 2 atom stereocenters. The first-order valence-electron chi connectivity index (χ1n) is 7.52. The third-order valence-corrected chi connectivity index (χ3v) is 5.27.